The molecule has 0 bridgehead atoms. The predicted octanol–water partition coefficient (Wildman–Crippen LogP) is 4.04. The molecule has 0 saturated heterocycles. The van der Waals surface area contributed by atoms with Crippen LogP contribution in [0.4, 0.5) is 0 Å². The molecule has 0 amide bonds. The van der Waals surface area contributed by atoms with Gasteiger partial charge < -0.3 is 8.92 Å². The van der Waals surface area contributed by atoms with Gasteiger partial charge in [0.25, 0.3) is 0 Å². The van der Waals surface area contributed by atoms with Gasteiger partial charge in [0.05, 0.1) is 7.11 Å². The summed E-state index contributed by atoms with van der Waals surface area (Å²) in [5.41, 5.74) is 0.895. The Bertz CT molecular complexity index is 656. The monoisotopic (exact) mass is 289 g/mol. The molecule has 0 spiro atoms. The van der Waals surface area contributed by atoms with E-state index in [0.29, 0.717) is 0 Å². The zero-order valence-electron chi connectivity index (χ0n) is 12.2. The number of methoxy groups -OCH3 is 1. The first-order valence-corrected chi connectivity index (χ1v) is 9.06. The fourth-order valence-corrected chi connectivity index (χ4v) is 2.79. The van der Waals surface area contributed by atoms with E-state index in [0.717, 1.165) is 22.1 Å². The number of nitrogens with zero attached hydrogens (tertiary/aromatic N) is 1. The zero-order chi connectivity index (χ0) is 14.8. The third-order valence-electron chi connectivity index (χ3n) is 2.91. The van der Waals surface area contributed by atoms with Crippen LogP contribution in [0.15, 0.2) is 36.4 Å². The maximum Gasteiger partial charge on any atom is 0.181 e. The molecule has 1 unspecified atom stereocenters. The molecule has 3 nitrogen and oxygen atoms in total. The molecule has 0 aromatic heterocycles. The Morgan fingerprint density at radius 2 is 1.90 bits per heavy atom. The van der Waals surface area contributed by atoms with Crippen molar-refractivity contribution in [2.75, 3.05) is 25.9 Å². The Morgan fingerprint density at radius 1 is 1.15 bits per heavy atom. The third kappa shape index (κ3) is 3.24. The number of hydrogen-bond donors (Lipinski definition) is 0. The number of rotatable bonds is 4. The number of hydrogen-bond acceptors (Lipinski definition) is 3. The Labute approximate surface area is 121 Å². The highest BCUT2D eigenvalue weighted by molar-refractivity contribution is 8.28. The molecule has 0 aliphatic heterocycles. The fourth-order valence-electron chi connectivity index (χ4n) is 2.06. The lowest BCUT2D eigenvalue weighted by Gasteiger charge is -2.28. The predicted molar refractivity (Wildman–Crippen MR) is 85.3 cm³/mol. The van der Waals surface area contributed by atoms with E-state index < -0.39 is 16.4 Å². The molecule has 0 aliphatic rings. The summed E-state index contributed by atoms with van der Waals surface area (Å²) in [5, 5.41) is 11.5. The van der Waals surface area contributed by atoms with Gasteiger partial charge in [0, 0.05) is 5.56 Å². The van der Waals surface area contributed by atoms with Crippen molar-refractivity contribution in [1.82, 2.24) is 0 Å². The van der Waals surface area contributed by atoms with Gasteiger partial charge in [-0.1, -0.05) is 24.3 Å². The molecule has 2 rings (SSSR count). The SMILES string of the molecule is COc1ccc2cccc(C(C#N)OS(C)(C)C)c2c1. The highest BCUT2D eigenvalue weighted by Crippen LogP contribution is 2.43. The lowest BCUT2D eigenvalue weighted by atomic mass is 10.0. The van der Waals surface area contributed by atoms with E-state index in [-0.39, 0.29) is 0 Å². The minimum absolute atomic E-state index is 0.555. The number of nitriles is 1. The molecule has 106 valence electrons. The summed E-state index contributed by atoms with van der Waals surface area (Å²) in [7, 11) is 0.419. The Kier molecular flexibility index (Phi) is 4.22. The van der Waals surface area contributed by atoms with Crippen molar-refractivity contribution in [3.8, 4) is 11.8 Å². The van der Waals surface area contributed by atoms with E-state index in [1.165, 1.54) is 0 Å². The first-order chi connectivity index (χ1) is 9.44. The van der Waals surface area contributed by atoms with Crippen LogP contribution >= 0.6 is 10.3 Å². The summed E-state index contributed by atoms with van der Waals surface area (Å²) < 4.78 is 11.2. The Morgan fingerprint density at radius 3 is 2.50 bits per heavy atom. The van der Waals surface area contributed by atoms with Gasteiger partial charge in [-0.05, 0) is 41.7 Å². The van der Waals surface area contributed by atoms with E-state index >= 15 is 0 Å². The quantitative estimate of drug-likeness (QED) is 0.853. The third-order valence-corrected chi connectivity index (χ3v) is 3.68. The van der Waals surface area contributed by atoms with Gasteiger partial charge in [-0.25, -0.2) is 0 Å². The van der Waals surface area contributed by atoms with Gasteiger partial charge in [-0.3, -0.25) is 0 Å². The molecule has 20 heavy (non-hydrogen) atoms. The van der Waals surface area contributed by atoms with E-state index in [4.69, 9.17) is 8.92 Å². The maximum absolute atomic E-state index is 9.44. The second kappa shape index (κ2) is 5.74. The summed E-state index contributed by atoms with van der Waals surface area (Å²) in [6.45, 7) is 0. The second-order valence-corrected chi connectivity index (χ2v) is 8.91. The molecular weight excluding hydrogens is 270 g/mol. The highest BCUT2D eigenvalue weighted by Gasteiger charge is 2.19. The fraction of sp³-hybridized carbons (Fsp3) is 0.312. The normalized spacial score (nSPS) is 13.8. The summed E-state index contributed by atoms with van der Waals surface area (Å²) in [5.74, 6) is 0.782. The van der Waals surface area contributed by atoms with Crippen LogP contribution in [0.1, 0.15) is 11.7 Å². The molecule has 0 N–H and O–H groups in total. The molecule has 2 aromatic carbocycles. The summed E-state index contributed by atoms with van der Waals surface area (Å²) in [4.78, 5) is 0. The molecule has 1 atom stereocenters. The van der Waals surface area contributed by atoms with Crippen LogP contribution in [0.2, 0.25) is 0 Å². The first kappa shape index (κ1) is 14.7. The van der Waals surface area contributed by atoms with Crippen molar-refractivity contribution in [3.63, 3.8) is 0 Å². The molecular formula is C16H19NO2S. The number of benzene rings is 2. The zero-order valence-corrected chi connectivity index (χ0v) is 13.0. The molecule has 0 aliphatic carbocycles. The van der Waals surface area contributed by atoms with Crippen molar-refractivity contribution in [2.24, 2.45) is 0 Å². The van der Waals surface area contributed by atoms with Crippen molar-refractivity contribution in [2.45, 2.75) is 6.10 Å². The molecule has 0 saturated carbocycles. The summed E-state index contributed by atoms with van der Waals surface area (Å²) in [6.07, 6.45) is 5.54. The van der Waals surface area contributed by atoms with Crippen LogP contribution in [-0.4, -0.2) is 25.9 Å². The van der Waals surface area contributed by atoms with Crippen molar-refractivity contribution in [1.29, 1.82) is 5.26 Å². The van der Waals surface area contributed by atoms with Crippen LogP contribution in [0, 0.1) is 11.3 Å². The van der Waals surface area contributed by atoms with E-state index in [1.807, 2.05) is 55.2 Å². The van der Waals surface area contributed by atoms with Gasteiger partial charge >= 0.3 is 0 Å². The lowest BCUT2D eigenvalue weighted by molar-refractivity contribution is 0.304. The van der Waals surface area contributed by atoms with Gasteiger partial charge in [0.1, 0.15) is 11.8 Å². The van der Waals surface area contributed by atoms with E-state index in [1.54, 1.807) is 7.11 Å². The summed E-state index contributed by atoms with van der Waals surface area (Å²) >= 11 is 0. The van der Waals surface area contributed by atoms with E-state index in [2.05, 4.69) is 6.07 Å². The van der Waals surface area contributed by atoms with Crippen LogP contribution in [0.3, 0.4) is 0 Å². The van der Waals surface area contributed by atoms with Gasteiger partial charge in [-0.2, -0.15) is 5.26 Å². The topological polar surface area (TPSA) is 42.2 Å². The second-order valence-electron chi connectivity index (χ2n) is 5.26. The molecule has 0 radical (unpaired) electrons. The first-order valence-electron chi connectivity index (χ1n) is 6.27. The molecule has 4 heteroatoms. The minimum atomic E-state index is -1.22. The maximum atomic E-state index is 9.44. The standard InChI is InChI=1S/C16H19NO2S/c1-18-13-9-8-12-6-5-7-14(15(12)10-13)16(11-17)19-20(2,3)4/h5-10,16H,1-4H3. The van der Waals surface area contributed by atoms with Crippen LogP contribution in [-0.2, 0) is 4.18 Å². The average Bonchev–Trinajstić information content (AvgIpc) is 2.42. The van der Waals surface area contributed by atoms with Gasteiger partial charge in [0.15, 0.2) is 6.10 Å². The Balaban J connectivity index is 2.55. The summed E-state index contributed by atoms with van der Waals surface area (Å²) in [6, 6.07) is 14.1. The number of ether oxygens (including phenoxy) is 1. The van der Waals surface area contributed by atoms with E-state index in [9.17, 15) is 5.26 Å². The average molecular weight is 289 g/mol. The van der Waals surface area contributed by atoms with Crippen molar-refractivity contribution < 1.29 is 8.92 Å². The van der Waals surface area contributed by atoms with Crippen molar-refractivity contribution in [3.05, 3.63) is 42.0 Å². The number of fused-ring (bicyclic) bond motifs is 1. The van der Waals surface area contributed by atoms with Crippen LogP contribution < -0.4 is 4.74 Å². The molecule has 2 aromatic rings. The highest BCUT2D eigenvalue weighted by atomic mass is 32.3. The van der Waals surface area contributed by atoms with Gasteiger partial charge in [0.2, 0.25) is 0 Å². The molecule has 0 fully saturated rings. The van der Waals surface area contributed by atoms with Crippen LogP contribution in [0.25, 0.3) is 10.8 Å². The lowest BCUT2D eigenvalue weighted by Crippen LogP contribution is -2.06. The smallest absolute Gasteiger partial charge is 0.181 e. The minimum Gasteiger partial charge on any atom is -0.497 e. The van der Waals surface area contributed by atoms with Crippen molar-refractivity contribution >= 4 is 21.1 Å². The largest absolute Gasteiger partial charge is 0.497 e. The van der Waals surface area contributed by atoms with Gasteiger partial charge in [-0.15, -0.1) is 10.3 Å². The Hall–Kier alpha value is -1.70. The molecule has 0 heterocycles. The van der Waals surface area contributed by atoms with Crippen LogP contribution in [0.5, 0.6) is 5.75 Å².